The van der Waals surface area contributed by atoms with E-state index in [1.807, 2.05) is 24.1 Å². The predicted molar refractivity (Wildman–Crippen MR) is 73.8 cm³/mol. The molecule has 1 aromatic rings. The van der Waals surface area contributed by atoms with Crippen molar-refractivity contribution in [2.75, 3.05) is 20.2 Å². The number of carbonyl (C=O) groups excluding carboxylic acids is 1. The van der Waals surface area contributed by atoms with Crippen molar-refractivity contribution in [3.63, 3.8) is 0 Å². The molecule has 0 spiro atoms. The molecule has 1 saturated heterocycles. The Morgan fingerprint density at radius 2 is 2.47 bits per heavy atom. The van der Waals surface area contributed by atoms with E-state index in [0.717, 1.165) is 31.6 Å². The lowest BCUT2D eigenvalue weighted by atomic mass is 10.1. The highest BCUT2D eigenvalue weighted by Crippen LogP contribution is 2.16. The van der Waals surface area contributed by atoms with Gasteiger partial charge in [0, 0.05) is 32.6 Å². The van der Waals surface area contributed by atoms with Crippen LogP contribution >= 0.6 is 0 Å². The van der Waals surface area contributed by atoms with Gasteiger partial charge in [0.2, 0.25) is 5.91 Å². The molecule has 1 atom stereocenters. The van der Waals surface area contributed by atoms with E-state index < -0.39 is 0 Å². The zero-order chi connectivity index (χ0) is 13.5. The van der Waals surface area contributed by atoms with Gasteiger partial charge in [-0.2, -0.15) is 0 Å². The molecule has 1 aromatic heterocycles. The molecule has 19 heavy (non-hydrogen) atoms. The second kappa shape index (κ2) is 7.24. The zero-order valence-corrected chi connectivity index (χ0v) is 11.5. The molecule has 0 saturated carbocycles. The van der Waals surface area contributed by atoms with E-state index in [0.29, 0.717) is 12.5 Å². The van der Waals surface area contributed by atoms with Crippen LogP contribution < -0.4 is 0 Å². The fourth-order valence-corrected chi connectivity index (χ4v) is 2.37. The highest BCUT2D eigenvalue weighted by molar-refractivity contribution is 5.78. The van der Waals surface area contributed by atoms with Gasteiger partial charge in [0.1, 0.15) is 0 Å². The topological polar surface area (TPSA) is 42.4 Å². The number of pyridine rings is 1. The summed E-state index contributed by atoms with van der Waals surface area (Å²) in [5.41, 5.74) is 0.971. The van der Waals surface area contributed by atoms with Gasteiger partial charge in [0.25, 0.3) is 0 Å². The fourth-order valence-electron chi connectivity index (χ4n) is 2.37. The van der Waals surface area contributed by atoms with Crippen LogP contribution in [-0.2, 0) is 16.0 Å². The molecule has 1 fully saturated rings. The molecule has 104 valence electrons. The number of ether oxygens (including phenoxy) is 1. The van der Waals surface area contributed by atoms with Crippen LogP contribution in [-0.4, -0.2) is 42.1 Å². The lowest BCUT2D eigenvalue weighted by molar-refractivity contribution is -0.129. The Balaban J connectivity index is 1.67. The maximum absolute atomic E-state index is 12.0. The van der Waals surface area contributed by atoms with Crippen molar-refractivity contribution in [3.05, 3.63) is 30.1 Å². The minimum Gasteiger partial charge on any atom is -0.378 e. The molecule has 0 bridgehead atoms. The second-order valence-electron chi connectivity index (χ2n) is 5.13. The lowest BCUT2D eigenvalue weighted by Gasteiger charge is -2.18. The van der Waals surface area contributed by atoms with Gasteiger partial charge in [-0.05, 0) is 37.3 Å². The smallest absolute Gasteiger partial charge is 0.226 e. The first kappa shape index (κ1) is 14.0. The lowest BCUT2D eigenvalue weighted by Crippen LogP contribution is -2.29. The first-order chi connectivity index (χ1) is 9.25. The summed E-state index contributed by atoms with van der Waals surface area (Å²) in [6.07, 6.45) is 8.75. The first-order valence-corrected chi connectivity index (χ1v) is 7.00. The molecule has 2 heterocycles. The molecule has 4 heteroatoms. The summed E-state index contributed by atoms with van der Waals surface area (Å²) in [6, 6.07) is 3.80. The third kappa shape index (κ3) is 4.63. The van der Waals surface area contributed by atoms with Crippen LogP contribution in [0.25, 0.3) is 0 Å². The molecule has 0 N–H and O–H groups in total. The van der Waals surface area contributed by atoms with Gasteiger partial charge in [-0.1, -0.05) is 6.07 Å². The van der Waals surface area contributed by atoms with Gasteiger partial charge in [-0.25, -0.2) is 0 Å². The minimum absolute atomic E-state index is 0.153. The van der Waals surface area contributed by atoms with Crippen molar-refractivity contribution in [1.29, 1.82) is 0 Å². The van der Waals surface area contributed by atoms with Crippen molar-refractivity contribution in [2.45, 2.75) is 38.2 Å². The maximum Gasteiger partial charge on any atom is 0.226 e. The number of hydrogen-bond acceptors (Lipinski definition) is 3. The van der Waals surface area contributed by atoms with Crippen molar-refractivity contribution >= 4 is 5.91 Å². The van der Waals surface area contributed by atoms with Gasteiger partial charge < -0.3 is 9.64 Å². The number of likely N-dealkylation sites (N-methyl/N-ethyl adjacent to an activating group) is 1. The van der Waals surface area contributed by atoms with Crippen molar-refractivity contribution in [3.8, 4) is 0 Å². The standard InChI is InChI=1S/C15H22N2O2/c1-17(9-3-6-14-7-4-10-19-14)15(18)11-13-5-2-8-16-12-13/h2,5,8,12,14H,3-4,6-7,9-11H2,1H3/t14-/m0/s1. The number of carbonyl (C=O) groups is 1. The molecule has 0 aromatic carbocycles. The highest BCUT2D eigenvalue weighted by Gasteiger charge is 2.16. The molecule has 1 aliphatic heterocycles. The van der Waals surface area contributed by atoms with Crippen molar-refractivity contribution < 1.29 is 9.53 Å². The average molecular weight is 262 g/mol. The van der Waals surface area contributed by atoms with Gasteiger partial charge in [-0.3, -0.25) is 9.78 Å². The van der Waals surface area contributed by atoms with E-state index >= 15 is 0 Å². The monoisotopic (exact) mass is 262 g/mol. The maximum atomic E-state index is 12.0. The molecule has 4 nitrogen and oxygen atoms in total. The quantitative estimate of drug-likeness (QED) is 0.788. The molecule has 0 unspecified atom stereocenters. The van der Waals surface area contributed by atoms with E-state index in [-0.39, 0.29) is 5.91 Å². The summed E-state index contributed by atoms with van der Waals surface area (Å²) in [4.78, 5) is 17.8. The van der Waals surface area contributed by atoms with Gasteiger partial charge in [0.15, 0.2) is 0 Å². The molecule has 1 aliphatic rings. The van der Waals surface area contributed by atoms with Gasteiger partial charge >= 0.3 is 0 Å². The molecule has 1 amide bonds. The molecule has 0 radical (unpaired) electrons. The van der Waals surface area contributed by atoms with E-state index in [1.165, 1.54) is 12.8 Å². The fraction of sp³-hybridized carbons (Fsp3) is 0.600. The molecule has 2 rings (SSSR count). The van der Waals surface area contributed by atoms with E-state index in [4.69, 9.17) is 4.74 Å². The average Bonchev–Trinajstić information content (AvgIpc) is 2.93. The van der Waals surface area contributed by atoms with Crippen LogP contribution in [0, 0.1) is 0 Å². The Hall–Kier alpha value is -1.42. The Morgan fingerprint density at radius 1 is 1.58 bits per heavy atom. The number of hydrogen-bond donors (Lipinski definition) is 0. The Bertz CT molecular complexity index is 388. The van der Waals surface area contributed by atoms with Crippen LogP contribution in [0.15, 0.2) is 24.5 Å². The van der Waals surface area contributed by atoms with E-state index in [1.54, 1.807) is 12.4 Å². The summed E-state index contributed by atoms with van der Waals surface area (Å²) in [7, 11) is 1.87. The summed E-state index contributed by atoms with van der Waals surface area (Å²) in [5, 5.41) is 0. The molecular formula is C15H22N2O2. The van der Waals surface area contributed by atoms with Crippen LogP contribution in [0.3, 0.4) is 0 Å². The van der Waals surface area contributed by atoms with Crippen LogP contribution in [0.5, 0.6) is 0 Å². The van der Waals surface area contributed by atoms with Gasteiger partial charge in [-0.15, -0.1) is 0 Å². The third-order valence-corrected chi connectivity index (χ3v) is 3.55. The number of nitrogens with zero attached hydrogens (tertiary/aromatic N) is 2. The normalized spacial score (nSPS) is 18.5. The van der Waals surface area contributed by atoms with E-state index in [2.05, 4.69) is 4.98 Å². The van der Waals surface area contributed by atoms with Crippen molar-refractivity contribution in [2.24, 2.45) is 0 Å². The number of amides is 1. The number of rotatable bonds is 6. The summed E-state index contributed by atoms with van der Waals surface area (Å²) >= 11 is 0. The highest BCUT2D eigenvalue weighted by atomic mass is 16.5. The predicted octanol–water partition coefficient (Wildman–Crippen LogP) is 2.04. The summed E-state index contributed by atoms with van der Waals surface area (Å²) in [5.74, 6) is 0.153. The second-order valence-corrected chi connectivity index (χ2v) is 5.13. The largest absolute Gasteiger partial charge is 0.378 e. The van der Waals surface area contributed by atoms with Crippen molar-refractivity contribution in [1.82, 2.24) is 9.88 Å². The zero-order valence-electron chi connectivity index (χ0n) is 11.5. The summed E-state index contributed by atoms with van der Waals surface area (Å²) < 4.78 is 5.58. The van der Waals surface area contributed by atoms with Crippen LogP contribution in [0.2, 0.25) is 0 Å². The summed E-state index contributed by atoms with van der Waals surface area (Å²) in [6.45, 7) is 1.71. The van der Waals surface area contributed by atoms with E-state index in [9.17, 15) is 4.79 Å². The van der Waals surface area contributed by atoms with Crippen LogP contribution in [0.1, 0.15) is 31.2 Å². The Morgan fingerprint density at radius 3 is 3.16 bits per heavy atom. The Labute approximate surface area is 114 Å². The number of aromatic nitrogens is 1. The van der Waals surface area contributed by atoms with Gasteiger partial charge in [0.05, 0.1) is 12.5 Å². The SMILES string of the molecule is CN(CCC[C@H]1CCCO1)C(=O)Cc1cccnc1. The molecule has 0 aliphatic carbocycles. The first-order valence-electron chi connectivity index (χ1n) is 7.00. The van der Waals surface area contributed by atoms with Crippen LogP contribution in [0.4, 0.5) is 0 Å². The molecular weight excluding hydrogens is 240 g/mol. The third-order valence-electron chi connectivity index (χ3n) is 3.55. The minimum atomic E-state index is 0.153. The Kier molecular flexibility index (Phi) is 5.33.